The van der Waals surface area contributed by atoms with Gasteiger partial charge in [-0.15, -0.1) is 11.3 Å². The lowest BCUT2D eigenvalue weighted by Crippen LogP contribution is -2.30. The van der Waals surface area contributed by atoms with Crippen LogP contribution in [0.25, 0.3) is 80.8 Å². The summed E-state index contributed by atoms with van der Waals surface area (Å²) < 4.78 is 2.71. The van der Waals surface area contributed by atoms with Gasteiger partial charge in [-0.1, -0.05) is 170 Å². The molecule has 0 bridgehead atoms. The molecular formula is C58H41NS. The molecule has 0 saturated carbocycles. The number of thiophene rings is 1. The molecule has 0 amide bonds. The molecule has 1 aromatic heterocycles. The van der Waals surface area contributed by atoms with Crippen molar-refractivity contribution in [2.45, 2.75) is 25.3 Å². The highest BCUT2D eigenvalue weighted by atomic mass is 32.1. The van der Waals surface area contributed by atoms with Gasteiger partial charge in [-0.05, 0) is 133 Å². The van der Waals surface area contributed by atoms with Crippen molar-refractivity contribution in [1.82, 2.24) is 0 Å². The van der Waals surface area contributed by atoms with E-state index in [9.17, 15) is 0 Å². The first kappa shape index (κ1) is 35.0. The molecule has 0 radical (unpaired) electrons. The Kier molecular flexibility index (Phi) is 8.38. The van der Waals surface area contributed by atoms with Gasteiger partial charge >= 0.3 is 0 Å². The minimum atomic E-state index is 0.143. The molecule has 0 fully saturated rings. The van der Waals surface area contributed by atoms with E-state index in [1.165, 1.54) is 108 Å². The van der Waals surface area contributed by atoms with E-state index in [-0.39, 0.29) is 6.04 Å². The highest BCUT2D eigenvalue weighted by Crippen LogP contribution is 2.42. The molecule has 0 spiro atoms. The lowest BCUT2D eigenvalue weighted by atomic mass is 9.86. The van der Waals surface area contributed by atoms with E-state index in [2.05, 4.69) is 211 Å². The Labute approximate surface area is 354 Å². The summed E-state index contributed by atoms with van der Waals surface area (Å²) in [5.41, 5.74) is 13.0. The second-order valence-electron chi connectivity index (χ2n) is 16.3. The van der Waals surface area contributed by atoms with Crippen molar-refractivity contribution >= 4 is 92.4 Å². The van der Waals surface area contributed by atoms with Gasteiger partial charge in [0.15, 0.2) is 0 Å². The van der Waals surface area contributed by atoms with Gasteiger partial charge in [-0.3, -0.25) is 0 Å². The topological polar surface area (TPSA) is 3.24 Å². The van der Waals surface area contributed by atoms with Crippen LogP contribution >= 0.6 is 11.3 Å². The summed E-state index contributed by atoms with van der Waals surface area (Å²) in [5.74, 6) is 0. The maximum atomic E-state index is 2.55. The van der Waals surface area contributed by atoms with Crippen LogP contribution in [0, 0.1) is 0 Å². The van der Waals surface area contributed by atoms with E-state index < -0.39 is 0 Å². The molecule has 2 aliphatic carbocycles. The van der Waals surface area contributed by atoms with Crippen LogP contribution in [0.15, 0.2) is 200 Å². The fourth-order valence-corrected chi connectivity index (χ4v) is 11.1. The summed E-state index contributed by atoms with van der Waals surface area (Å²) in [6.07, 6.45) is 12.7. The first-order valence-corrected chi connectivity index (χ1v) is 22.0. The van der Waals surface area contributed by atoms with Crippen LogP contribution in [0.3, 0.4) is 0 Å². The third-order valence-electron chi connectivity index (χ3n) is 12.9. The zero-order valence-corrected chi connectivity index (χ0v) is 34.0. The third-order valence-corrected chi connectivity index (χ3v) is 14.1. The van der Waals surface area contributed by atoms with Gasteiger partial charge in [0.2, 0.25) is 0 Å². The number of aryl methyl sites for hydroxylation is 1. The molecule has 0 unspecified atom stereocenters. The van der Waals surface area contributed by atoms with Crippen molar-refractivity contribution in [3.63, 3.8) is 0 Å². The number of fused-ring (bicyclic) bond motifs is 9. The minimum Gasteiger partial charge on any atom is -0.334 e. The largest absolute Gasteiger partial charge is 0.334 e. The van der Waals surface area contributed by atoms with E-state index in [1.807, 2.05) is 11.3 Å². The molecule has 10 aromatic rings. The first-order chi connectivity index (χ1) is 29.7. The van der Waals surface area contributed by atoms with Gasteiger partial charge in [0.25, 0.3) is 0 Å². The Morgan fingerprint density at radius 2 is 1.17 bits per heavy atom. The Morgan fingerprint density at radius 1 is 0.483 bits per heavy atom. The molecule has 60 heavy (non-hydrogen) atoms. The molecule has 12 rings (SSSR count). The number of hydrogen-bond donors (Lipinski definition) is 0. The Morgan fingerprint density at radius 3 is 2.02 bits per heavy atom. The molecule has 2 heteroatoms. The first-order valence-electron chi connectivity index (χ1n) is 21.1. The Balaban J connectivity index is 0.930. The van der Waals surface area contributed by atoms with Crippen LogP contribution in [-0.4, -0.2) is 6.04 Å². The summed E-state index contributed by atoms with van der Waals surface area (Å²) in [5, 5.41) is 10.4. The van der Waals surface area contributed by atoms with Crippen molar-refractivity contribution in [3.8, 4) is 11.1 Å². The molecular weight excluding hydrogens is 743 g/mol. The van der Waals surface area contributed by atoms with Crippen LogP contribution in [0.4, 0.5) is 11.4 Å². The highest BCUT2D eigenvalue weighted by Gasteiger charge is 2.23. The van der Waals surface area contributed by atoms with Crippen molar-refractivity contribution < 1.29 is 0 Å². The van der Waals surface area contributed by atoms with Crippen LogP contribution in [0.1, 0.15) is 35.1 Å². The van der Waals surface area contributed by atoms with E-state index in [0.717, 1.165) is 19.3 Å². The second-order valence-corrected chi connectivity index (χ2v) is 17.4. The second kappa shape index (κ2) is 14.4. The zero-order valence-electron chi connectivity index (χ0n) is 33.2. The van der Waals surface area contributed by atoms with E-state index in [4.69, 9.17) is 0 Å². The number of hydrogen-bond acceptors (Lipinski definition) is 2. The fourth-order valence-electron chi connectivity index (χ4n) is 9.83. The van der Waals surface area contributed by atoms with Gasteiger partial charge in [0, 0.05) is 31.5 Å². The summed E-state index contributed by atoms with van der Waals surface area (Å²) in [6.45, 7) is 0. The van der Waals surface area contributed by atoms with Gasteiger partial charge in [-0.25, -0.2) is 0 Å². The normalized spacial score (nSPS) is 15.1. The fraction of sp³-hybridized carbons (Fsp3) is 0.0690. The predicted molar refractivity (Wildman–Crippen MR) is 260 cm³/mol. The van der Waals surface area contributed by atoms with Gasteiger partial charge in [-0.2, -0.15) is 0 Å². The molecule has 1 atom stereocenters. The van der Waals surface area contributed by atoms with Crippen molar-refractivity contribution in [2.24, 2.45) is 0 Å². The van der Waals surface area contributed by atoms with Gasteiger partial charge in [0.05, 0.1) is 6.04 Å². The smallest absolute Gasteiger partial charge is 0.0560 e. The van der Waals surface area contributed by atoms with Gasteiger partial charge in [0.1, 0.15) is 0 Å². The number of nitrogens with zero attached hydrogens (tertiary/aromatic N) is 1. The van der Waals surface area contributed by atoms with Crippen LogP contribution in [-0.2, 0) is 6.42 Å². The van der Waals surface area contributed by atoms with Gasteiger partial charge < -0.3 is 4.90 Å². The molecule has 0 N–H and O–H groups in total. The summed E-state index contributed by atoms with van der Waals surface area (Å²) in [7, 11) is 0. The number of anilines is 2. The maximum absolute atomic E-state index is 2.55. The minimum absolute atomic E-state index is 0.143. The lowest BCUT2D eigenvalue weighted by Gasteiger charge is -2.34. The van der Waals surface area contributed by atoms with Crippen LogP contribution < -0.4 is 4.90 Å². The molecule has 284 valence electrons. The zero-order chi connectivity index (χ0) is 39.6. The van der Waals surface area contributed by atoms with E-state index in [0.29, 0.717) is 0 Å². The highest BCUT2D eigenvalue weighted by molar-refractivity contribution is 7.26. The maximum Gasteiger partial charge on any atom is 0.0560 e. The average Bonchev–Trinajstić information content (AvgIpc) is 3.71. The molecule has 1 nitrogen and oxygen atoms in total. The van der Waals surface area contributed by atoms with Crippen LogP contribution in [0.2, 0.25) is 0 Å². The molecule has 0 aliphatic heterocycles. The molecule has 2 aliphatic rings. The predicted octanol–water partition coefficient (Wildman–Crippen LogP) is 16.2. The lowest BCUT2D eigenvalue weighted by molar-refractivity contribution is 0.787. The monoisotopic (exact) mass is 783 g/mol. The molecule has 9 aromatic carbocycles. The standard InChI is InChI=1S/C58H41NS/c1-3-13-50-39(9-1)19-21-42-23-25-45(36-55(42)50)38-27-31-47(32-28-38)59(48-33-29-41(30-34-48)52-16-8-17-54-53-15-5-6-18-57(53)60-58(52)54)49-12-7-11-44(35-49)46-26-24-43-22-20-40-10-2-4-14-51(40)56(43)37-46/h1-22,24,26-33,35-37,48H,23,25,34H2/t48-/m1/s1. The molecule has 0 saturated heterocycles. The quantitative estimate of drug-likeness (QED) is 0.152. The van der Waals surface area contributed by atoms with Crippen molar-refractivity contribution in [1.29, 1.82) is 0 Å². The van der Waals surface area contributed by atoms with Crippen molar-refractivity contribution in [2.75, 3.05) is 4.90 Å². The van der Waals surface area contributed by atoms with Crippen molar-refractivity contribution in [3.05, 3.63) is 222 Å². The van der Waals surface area contributed by atoms with E-state index in [1.54, 1.807) is 0 Å². The van der Waals surface area contributed by atoms with E-state index >= 15 is 0 Å². The Hall–Kier alpha value is -7.00. The number of allylic oxidation sites excluding steroid dienone is 3. The molecule has 1 heterocycles. The average molecular weight is 784 g/mol. The van der Waals surface area contributed by atoms with Crippen LogP contribution in [0.5, 0.6) is 0 Å². The summed E-state index contributed by atoms with van der Waals surface area (Å²) in [6, 6.07) is 67.7. The third kappa shape index (κ3) is 5.98. The SMILES string of the molecule is C1=C[C@@H](N(c2ccc(C3=Cc4c(ccc5ccccc45)CC3)cc2)c2cccc(-c3ccc4ccc5ccccc5c4c3)c2)CC=C1c1cccc2c1sc1ccccc12. The summed E-state index contributed by atoms with van der Waals surface area (Å²) in [4.78, 5) is 2.55. The Bertz CT molecular complexity index is 3410. The summed E-state index contributed by atoms with van der Waals surface area (Å²) >= 11 is 1.90. The number of benzene rings is 9. The number of rotatable bonds is 6.